The lowest BCUT2D eigenvalue weighted by Gasteiger charge is -2.25. The van der Waals surface area contributed by atoms with Crippen molar-refractivity contribution in [2.75, 3.05) is 5.32 Å². The first-order valence-corrected chi connectivity index (χ1v) is 7.75. The third-order valence-corrected chi connectivity index (χ3v) is 4.09. The standard InChI is InChI=1S/C16H16ClN3S/c17-14-6-1-2-7-15(14)19-16(21)20(13-8-9-13)11-12-5-3-4-10-18-12/h1-7,10,13H,8-9,11H2,(H,19,21). The molecule has 1 heterocycles. The highest BCUT2D eigenvalue weighted by Gasteiger charge is 2.31. The van der Waals surface area contributed by atoms with Gasteiger partial charge in [-0.3, -0.25) is 4.98 Å². The Morgan fingerprint density at radius 3 is 2.67 bits per heavy atom. The van der Waals surface area contributed by atoms with Crippen molar-refractivity contribution in [3.63, 3.8) is 0 Å². The van der Waals surface area contributed by atoms with E-state index in [-0.39, 0.29) is 0 Å². The van der Waals surface area contributed by atoms with Crippen molar-refractivity contribution < 1.29 is 0 Å². The van der Waals surface area contributed by atoms with Crippen LogP contribution in [0.2, 0.25) is 5.02 Å². The first-order valence-electron chi connectivity index (χ1n) is 6.96. The fourth-order valence-corrected chi connectivity index (χ4v) is 2.68. The van der Waals surface area contributed by atoms with Gasteiger partial charge in [-0.1, -0.05) is 29.8 Å². The van der Waals surface area contributed by atoms with E-state index in [1.54, 1.807) is 0 Å². The SMILES string of the molecule is S=C(Nc1ccccc1Cl)N(Cc1ccccn1)C1CC1. The molecule has 21 heavy (non-hydrogen) atoms. The average molecular weight is 318 g/mol. The van der Waals surface area contributed by atoms with Crippen LogP contribution in [0.15, 0.2) is 48.7 Å². The second-order valence-corrected chi connectivity index (χ2v) is 5.88. The molecule has 1 fully saturated rings. The Kier molecular flexibility index (Phi) is 4.36. The van der Waals surface area contributed by atoms with Crippen molar-refractivity contribution in [1.29, 1.82) is 0 Å². The molecule has 1 aromatic heterocycles. The second kappa shape index (κ2) is 6.41. The van der Waals surface area contributed by atoms with E-state index in [1.807, 2.05) is 48.7 Å². The molecule has 0 amide bonds. The third-order valence-electron chi connectivity index (χ3n) is 3.42. The van der Waals surface area contributed by atoms with E-state index in [0.717, 1.165) is 17.9 Å². The van der Waals surface area contributed by atoms with Gasteiger partial charge in [0.1, 0.15) is 0 Å². The summed E-state index contributed by atoms with van der Waals surface area (Å²) in [6.07, 6.45) is 4.17. The van der Waals surface area contributed by atoms with Gasteiger partial charge in [-0.05, 0) is 49.3 Å². The Morgan fingerprint density at radius 2 is 2.00 bits per heavy atom. The van der Waals surface area contributed by atoms with Gasteiger partial charge < -0.3 is 10.2 Å². The van der Waals surface area contributed by atoms with Gasteiger partial charge in [-0.15, -0.1) is 0 Å². The zero-order chi connectivity index (χ0) is 14.7. The van der Waals surface area contributed by atoms with Crippen LogP contribution in [0.25, 0.3) is 0 Å². The van der Waals surface area contributed by atoms with Gasteiger partial charge in [0.15, 0.2) is 5.11 Å². The van der Waals surface area contributed by atoms with Crippen LogP contribution in [0.3, 0.4) is 0 Å². The Bertz CT molecular complexity index is 628. The predicted molar refractivity (Wildman–Crippen MR) is 90.5 cm³/mol. The van der Waals surface area contributed by atoms with E-state index in [1.165, 1.54) is 12.8 Å². The number of rotatable bonds is 4. The van der Waals surface area contributed by atoms with Crippen LogP contribution in [-0.4, -0.2) is 21.0 Å². The van der Waals surface area contributed by atoms with Crippen molar-refractivity contribution in [2.24, 2.45) is 0 Å². The van der Waals surface area contributed by atoms with Crippen LogP contribution in [0.4, 0.5) is 5.69 Å². The van der Waals surface area contributed by atoms with E-state index >= 15 is 0 Å². The summed E-state index contributed by atoms with van der Waals surface area (Å²) in [5.74, 6) is 0. The van der Waals surface area contributed by atoms with Crippen molar-refractivity contribution >= 4 is 34.6 Å². The number of halogens is 1. The molecule has 0 aliphatic heterocycles. The second-order valence-electron chi connectivity index (χ2n) is 5.09. The fraction of sp³-hybridized carbons (Fsp3) is 0.250. The maximum atomic E-state index is 6.18. The predicted octanol–water partition coefficient (Wildman–Crippen LogP) is 4.10. The van der Waals surface area contributed by atoms with Gasteiger partial charge in [0.05, 0.1) is 22.9 Å². The summed E-state index contributed by atoms with van der Waals surface area (Å²) in [5.41, 5.74) is 1.86. The molecule has 0 bridgehead atoms. The summed E-state index contributed by atoms with van der Waals surface area (Å²) in [7, 11) is 0. The van der Waals surface area contributed by atoms with E-state index < -0.39 is 0 Å². The molecule has 1 aromatic carbocycles. The van der Waals surface area contributed by atoms with Gasteiger partial charge in [0.2, 0.25) is 0 Å². The number of pyridine rings is 1. The quantitative estimate of drug-likeness (QED) is 0.859. The zero-order valence-corrected chi connectivity index (χ0v) is 13.1. The highest BCUT2D eigenvalue weighted by atomic mass is 35.5. The normalized spacial score (nSPS) is 13.8. The lowest BCUT2D eigenvalue weighted by Crippen LogP contribution is -2.36. The molecular formula is C16H16ClN3S. The van der Waals surface area contributed by atoms with Crippen LogP contribution < -0.4 is 5.32 Å². The van der Waals surface area contributed by atoms with Gasteiger partial charge in [0.25, 0.3) is 0 Å². The molecule has 0 atom stereocenters. The molecule has 108 valence electrons. The number of aromatic nitrogens is 1. The van der Waals surface area contributed by atoms with Gasteiger partial charge in [-0.25, -0.2) is 0 Å². The molecule has 0 saturated heterocycles. The molecule has 2 aromatic rings. The molecule has 1 aliphatic rings. The summed E-state index contributed by atoms with van der Waals surface area (Å²) < 4.78 is 0. The Hall–Kier alpha value is -1.65. The first-order chi connectivity index (χ1) is 10.2. The number of hydrogen-bond donors (Lipinski definition) is 1. The van der Waals surface area contributed by atoms with Crippen molar-refractivity contribution in [3.8, 4) is 0 Å². The highest BCUT2D eigenvalue weighted by molar-refractivity contribution is 7.80. The minimum Gasteiger partial charge on any atom is -0.340 e. The van der Waals surface area contributed by atoms with Crippen molar-refractivity contribution in [1.82, 2.24) is 9.88 Å². The summed E-state index contributed by atoms with van der Waals surface area (Å²) >= 11 is 11.7. The van der Waals surface area contributed by atoms with Crippen LogP contribution in [0.1, 0.15) is 18.5 Å². The molecule has 3 nitrogen and oxygen atoms in total. The Labute approximate surface area is 134 Å². The number of nitrogens with one attached hydrogen (secondary N) is 1. The van der Waals surface area contributed by atoms with Crippen molar-refractivity contribution in [3.05, 3.63) is 59.4 Å². The highest BCUT2D eigenvalue weighted by Crippen LogP contribution is 2.29. The van der Waals surface area contributed by atoms with E-state index in [0.29, 0.717) is 16.2 Å². The third kappa shape index (κ3) is 3.71. The fourth-order valence-electron chi connectivity index (χ4n) is 2.17. The topological polar surface area (TPSA) is 28.2 Å². The summed E-state index contributed by atoms with van der Waals surface area (Å²) in [6.45, 7) is 0.724. The minimum absolute atomic E-state index is 0.509. The molecule has 3 rings (SSSR count). The molecule has 5 heteroatoms. The van der Waals surface area contributed by atoms with E-state index in [2.05, 4.69) is 15.2 Å². The van der Waals surface area contributed by atoms with Gasteiger partial charge in [0, 0.05) is 12.2 Å². The Morgan fingerprint density at radius 1 is 1.24 bits per heavy atom. The van der Waals surface area contributed by atoms with E-state index in [9.17, 15) is 0 Å². The van der Waals surface area contributed by atoms with Crippen LogP contribution >= 0.6 is 23.8 Å². The van der Waals surface area contributed by atoms with Crippen LogP contribution in [0, 0.1) is 0 Å². The smallest absolute Gasteiger partial charge is 0.174 e. The Balaban J connectivity index is 1.72. The van der Waals surface area contributed by atoms with E-state index in [4.69, 9.17) is 23.8 Å². The van der Waals surface area contributed by atoms with Crippen LogP contribution in [-0.2, 0) is 6.54 Å². The number of thiocarbonyl (C=S) groups is 1. The zero-order valence-electron chi connectivity index (χ0n) is 11.5. The number of nitrogens with zero attached hydrogens (tertiary/aromatic N) is 2. The lowest BCUT2D eigenvalue weighted by atomic mass is 10.3. The molecule has 0 spiro atoms. The molecule has 1 saturated carbocycles. The van der Waals surface area contributed by atoms with Gasteiger partial charge in [-0.2, -0.15) is 0 Å². The number of para-hydroxylation sites is 1. The van der Waals surface area contributed by atoms with Crippen molar-refractivity contribution in [2.45, 2.75) is 25.4 Å². The molecule has 1 aliphatic carbocycles. The monoisotopic (exact) mass is 317 g/mol. The minimum atomic E-state index is 0.509. The van der Waals surface area contributed by atoms with Gasteiger partial charge >= 0.3 is 0 Å². The maximum Gasteiger partial charge on any atom is 0.174 e. The maximum absolute atomic E-state index is 6.18. The molecular weight excluding hydrogens is 302 g/mol. The lowest BCUT2D eigenvalue weighted by molar-refractivity contribution is 0.404. The largest absolute Gasteiger partial charge is 0.340 e. The summed E-state index contributed by atoms with van der Waals surface area (Å²) in [6, 6.07) is 14.1. The summed E-state index contributed by atoms with van der Waals surface area (Å²) in [4.78, 5) is 6.58. The number of anilines is 1. The number of hydrogen-bond acceptors (Lipinski definition) is 2. The molecule has 1 N–H and O–H groups in total. The number of benzene rings is 1. The summed E-state index contributed by atoms with van der Waals surface area (Å²) in [5, 5.41) is 4.63. The first kappa shape index (κ1) is 14.3. The molecule has 0 radical (unpaired) electrons. The molecule has 0 unspecified atom stereocenters. The van der Waals surface area contributed by atoms with Crippen LogP contribution in [0.5, 0.6) is 0 Å². The average Bonchev–Trinajstić information content (AvgIpc) is 3.33.